The molecule has 0 saturated carbocycles. The Morgan fingerprint density at radius 1 is 1.05 bits per heavy atom. The van der Waals surface area contributed by atoms with E-state index in [4.69, 9.17) is 4.74 Å². The maximum Gasteiger partial charge on any atom is 0.409 e. The van der Waals surface area contributed by atoms with Gasteiger partial charge in [-0.3, -0.25) is 4.79 Å². The van der Waals surface area contributed by atoms with Gasteiger partial charge in [0.2, 0.25) is 0 Å². The van der Waals surface area contributed by atoms with E-state index in [0.717, 1.165) is 6.42 Å². The van der Waals surface area contributed by atoms with Gasteiger partial charge in [0.05, 0.1) is 7.11 Å². The van der Waals surface area contributed by atoms with Crippen LogP contribution in [0.1, 0.15) is 29.8 Å². The van der Waals surface area contributed by atoms with Crippen LogP contribution in [0.15, 0.2) is 24.3 Å². The van der Waals surface area contributed by atoms with Gasteiger partial charge < -0.3 is 14.5 Å². The fourth-order valence-corrected chi connectivity index (χ4v) is 2.66. The molecule has 1 heterocycles. The molecule has 0 aliphatic carbocycles. The van der Waals surface area contributed by atoms with E-state index >= 15 is 0 Å². The second kappa shape index (κ2) is 7.29. The van der Waals surface area contributed by atoms with Gasteiger partial charge in [0.1, 0.15) is 0 Å². The molecule has 1 aliphatic heterocycles. The van der Waals surface area contributed by atoms with Crippen LogP contribution in [0.2, 0.25) is 0 Å². The van der Waals surface area contributed by atoms with Crippen LogP contribution in [0, 0.1) is 5.92 Å². The maximum atomic E-state index is 12.5. The van der Waals surface area contributed by atoms with Crippen molar-refractivity contribution in [3.05, 3.63) is 35.4 Å². The summed E-state index contributed by atoms with van der Waals surface area (Å²) >= 11 is 0. The highest BCUT2D eigenvalue weighted by molar-refractivity contribution is 5.94. The molecule has 1 aliphatic rings. The van der Waals surface area contributed by atoms with Crippen LogP contribution >= 0.6 is 0 Å². The van der Waals surface area contributed by atoms with E-state index in [1.807, 2.05) is 24.3 Å². The van der Waals surface area contributed by atoms with Crippen molar-refractivity contribution >= 4 is 12.0 Å². The summed E-state index contributed by atoms with van der Waals surface area (Å²) in [7, 11) is 1.37. The first kappa shape index (κ1) is 16.3. The van der Waals surface area contributed by atoms with Gasteiger partial charge in [-0.15, -0.1) is 0 Å². The summed E-state index contributed by atoms with van der Waals surface area (Å²) in [4.78, 5) is 27.3. The minimum Gasteiger partial charge on any atom is -0.453 e. The number of amides is 2. The Morgan fingerprint density at radius 3 is 2.09 bits per heavy atom. The normalized spacial score (nSPS) is 15.1. The number of nitrogens with zero attached hydrogens (tertiary/aromatic N) is 2. The Bertz CT molecular complexity index is 517. The number of piperazine rings is 1. The zero-order valence-corrected chi connectivity index (χ0v) is 13.5. The summed E-state index contributed by atoms with van der Waals surface area (Å²) < 4.78 is 4.70. The van der Waals surface area contributed by atoms with Gasteiger partial charge in [0.25, 0.3) is 5.91 Å². The van der Waals surface area contributed by atoms with E-state index in [1.54, 1.807) is 9.80 Å². The molecule has 2 amide bonds. The van der Waals surface area contributed by atoms with Crippen LogP contribution in [-0.4, -0.2) is 55.1 Å². The first-order valence-electron chi connectivity index (χ1n) is 7.72. The monoisotopic (exact) mass is 304 g/mol. The highest BCUT2D eigenvalue weighted by Gasteiger charge is 2.25. The molecule has 0 spiro atoms. The quantitative estimate of drug-likeness (QED) is 0.861. The predicted octanol–water partition coefficient (Wildman–Crippen LogP) is 2.41. The standard InChI is InChI=1S/C17H24N2O3/c1-13(2)12-14-4-6-15(7-5-14)16(20)18-8-10-19(11-9-18)17(21)22-3/h4-7,13H,8-12H2,1-3H3. The number of carbonyl (C=O) groups excluding carboxylic acids is 2. The molecule has 0 bridgehead atoms. The second-order valence-corrected chi connectivity index (χ2v) is 6.04. The predicted molar refractivity (Wildman–Crippen MR) is 84.9 cm³/mol. The van der Waals surface area contributed by atoms with E-state index < -0.39 is 0 Å². The Kier molecular flexibility index (Phi) is 5.41. The van der Waals surface area contributed by atoms with E-state index in [1.165, 1.54) is 12.7 Å². The minimum absolute atomic E-state index is 0.0283. The lowest BCUT2D eigenvalue weighted by Gasteiger charge is -2.33. The van der Waals surface area contributed by atoms with Crippen molar-refractivity contribution in [2.75, 3.05) is 33.3 Å². The molecule has 5 nitrogen and oxygen atoms in total. The summed E-state index contributed by atoms with van der Waals surface area (Å²) in [6.45, 7) is 6.48. The van der Waals surface area contributed by atoms with E-state index in [0.29, 0.717) is 37.7 Å². The third-order valence-corrected chi connectivity index (χ3v) is 3.84. The van der Waals surface area contributed by atoms with Crippen LogP contribution in [0.4, 0.5) is 4.79 Å². The van der Waals surface area contributed by atoms with E-state index in [9.17, 15) is 9.59 Å². The molecule has 120 valence electrons. The molecule has 0 aromatic heterocycles. The first-order valence-corrected chi connectivity index (χ1v) is 7.72. The van der Waals surface area contributed by atoms with Gasteiger partial charge in [-0.05, 0) is 30.0 Å². The summed E-state index contributed by atoms with van der Waals surface area (Å²) in [6.07, 6.45) is 0.692. The Morgan fingerprint density at radius 2 is 1.59 bits per heavy atom. The molecular formula is C17H24N2O3. The van der Waals surface area contributed by atoms with Gasteiger partial charge in [0, 0.05) is 31.7 Å². The number of hydrogen-bond acceptors (Lipinski definition) is 3. The van der Waals surface area contributed by atoms with Gasteiger partial charge in [-0.1, -0.05) is 26.0 Å². The molecule has 0 radical (unpaired) electrons. The van der Waals surface area contributed by atoms with Gasteiger partial charge in [0.15, 0.2) is 0 Å². The van der Waals surface area contributed by atoms with Crippen LogP contribution in [-0.2, 0) is 11.2 Å². The summed E-state index contributed by atoms with van der Waals surface area (Å²) in [6, 6.07) is 7.84. The van der Waals surface area contributed by atoms with Crippen LogP contribution in [0.25, 0.3) is 0 Å². The smallest absolute Gasteiger partial charge is 0.409 e. The van der Waals surface area contributed by atoms with Crippen molar-refractivity contribution in [2.24, 2.45) is 5.92 Å². The molecule has 22 heavy (non-hydrogen) atoms. The molecule has 0 N–H and O–H groups in total. The van der Waals surface area contributed by atoms with E-state index in [2.05, 4.69) is 13.8 Å². The second-order valence-electron chi connectivity index (χ2n) is 6.04. The highest BCUT2D eigenvalue weighted by Crippen LogP contribution is 2.13. The molecular weight excluding hydrogens is 280 g/mol. The highest BCUT2D eigenvalue weighted by atomic mass is 16.5. The van der Waals surface area contributed by atoms with Crippen LogP contribution in [0.3, 0.4) is 0 Å². The lowest BCUT2D eigenvalue weighted by Crippen LogP contribution is -2.50. The molecule has 1 saturated heterocycles. The lowest BCUT2D eigenvalue weighted by molar-refractivity contribution is 0.0599. The Balaban J connectivity index is 1.93. The Labute approximate surface area is 131 Å². The summed E-state index contributed by atoms with van der Waals surface area (Å²) in [5.41, 5.74) is 1.96. The SMILES string of the molecule is COC(=O)N1CCN(C(=O)c2ccc(CC(C)C)cc2)CC1. The van der Waals surface area contributed by atoms with E-state index in [-0.39, 0.29) is 12.0 Å². The first-order chi connectivity index (χ1) is 10.5. The minimum atomic E-state index is -0.329. The number of carbonyl (C=O) groups is 2. The summed E-state index contributed by atoms with van der Waals surface area (Å²) in [5.74, 6) is 0.633. The number of methoxy groups -OCH3 is 1. The van der Waals surface area contributed by atoms with Gasteiger partial charge in [-0.25, -0.2) is 4.79 Å². The third kappa shape index (κ3) is 4.00. The number of hydrogen-bond donors (Lipinski definition) is 0. The fourth-order valence-electron chi connectivity index (χ4n) is 2.66. The van der Waals surface area contributed by atoms with Crippen molar-refractivity contribution in [1.82, 2.24) is 9.80 Å². The average molecular weight is 304 g/mol. The molecule has 1 aromatic rings. The zero-order chi connectivity index (χ0) is 16.1. The van der Waals surface area contributed by atoms with Crippen molar-refractivity contribution in [3.8, 4) is 0 Å². The van der Waals surface area contributed by atoms with Crippen molar-refractivity contribution < 1.29 is 14.3 Å². The van der Waals surface area contributed by atoms with Gasteiger partial charge in [-0.2, -0.15) is 0 Å². The van der Waals surface area contributed by atoms with Crippen LogP contribution < -0.4 is 0 Å². The fraction of sp³-hybridized carbons (Fsp3) is 0.529. The van der Waals surface area contributed by atoms with Crippen molar-refractivity contribution in [1.29, 1.82) is 0 Å². The topological polar surface area (TPSA) is 49.9 Å². The average Bonchev–Trinajstić information content (AvgIpc) is 2.54. The summed E-state index contributed by atoms with van der Waals surface area (Å²) in [5, 5.41) is 0. The number of ether oxygens (including phenoxy) is 1. The zero-order valence-electron chi connectivity index (χ0n) is 13.5. The molecule has 0 atom stereocenters. The van der Waals surface area contributed by atoms with Crippen molar-refractivity contribution in [2.45, 2.75) is 20.3 Å². The van der Waals surface area contributed by atoms with Gasteiger partial charge >= 0.3 is 6.09 Å². The molecule has 0 unspecified atom stereocenters. The lowest BCUT2D eigenvalue weighted by atomic mass is 10.0. The number of rotatable bonds is 3. The Hall–Kier alpha value is -2.04. The number of benzene rings is 1. The van der Waals surface area contributed by atoms with Crippen molar-refractivity contribution in [3.63, 3.8) is 0 Å². The molecule has 5 heteroatoms. The third-order valence-electron chi connectivity index (χ3n) is 3.84. The largest absolute Gasteiger partial charge is 0.453 e. The molecule has 1 aromatic carbocycles. The van der Waals surface area contributed by atoms with Crippen LogP contribution in [0.5, 0.6) is 0 Å². The molecule has 2 rings (SSSR count). The maximum absolute atomic E-state index is 12.5. The molecule has 1 fully saturated rings.